The molecule has 0 bridgehead atoms. The van der Waals surface area contributed by atoms with Gasteiger partial charge in [-0.15, -0.1) is 0 Å². The lowest BCUT2D eigenvalue weighted by atomic mass is 9.99. The molecule has 5 heteroatoms. The Kier molecular flexibility index (Phi) is 5.97. The normalized spacial score (nSPS) is 12.1. The van der Waals surface area contributed by atoms with E-state index >= 15 is 0 Å². The quantitative estimate of drug-likeness (QED) is 0.220. The molecule has 3 aromatic carbocycles. The number of ketones is 1. The SMILES string of the molecule is CC(=O)c1ccc(-c2cn(C(c3ccccc3)c3ccccn3)c3cc(-c4c(C)noc4C)ccc23)cc1. The molecule has 0 amide bonds. The van der Waals surface area contributed by atoms with E-state index in [1.54, 1.807) is 6.92 Å². The fraction of sp³-hybridized carbons (Fsp3) is 0.121. The van der Waals surface area contributed by atoms with Crippen LogP contribution in [0.15, 0.2) is 108 Å². The highest BCUT2D eigenvalue weighted by atomic mass is 16.5. The Labute approximate surface area is 221 Å². The van der Waals surface area contributed by atoms with Crippen molar-refractivity contribution in [1.29, 1.82) is 0 Å². The second-order valence-electron chi connectivity index (χ2n) is 9.58. The highest BCUT2D eigenvalue weighted by Crippen LogP contribution is 2.39. The Morgan fingerprint density at radius 3 is 2.26 bits per heavy atom. The van der Waals surface area contributed by atoms with Gasteiger partial charge in [0.1, 0.15) is 11.8 Å². The summed E-state index contributed by atoms with van der Waals surface area (Å²) in [7, 11) is 0. The summed E-state index contributed by atoms with van der Waals surface area (Å²) in [6.07, 6.45) is 4.05. The van der Waals surface area contributed by atoms with Crippen LogP contribution in [-0.4, -0.2) is 20.5 Å². The molecule has 0 aliphatic rings. The van der Waals surface area contributed by atoms with Crippen LogP contribution in [0.2, 0.25) is 0 Å². The van der Waals surface area contributed by atoms with E-state index in [4.69, 9.17) is 9.51 Å². The van der Waals surface area contributed by atoms with Crippen molar-refractivity contribution in [3.05, 3.63) is 132 Å². The van der Waals surface area contributed by atoms with E-state index in [1.165, 1.54) is 0 Å². The van der Waals surface area contributed by atoms with Gasteiger partial charge in [0.05, 0.1) is 16.9 Å². The average Bonchev–Trinajstić information content (AvgIpc) is 3.49. The van der Waals surface area contributed by atoms with Crippen LogP contribution in [0.1, 0.15) is 46.0 Å². The van der Waals surface area contributed by atoms with E-state index in [2.05, 4.69) is 64.5 Å². The zero-order valence-electron chi connectivity index (χ0n) is 21.6. The summed E-state index contributed by atoms with van der Waals surface area (Å²) in [6, 6.07) is 30.7. The van der Waals surface area contributed by atoms with E-state index in [9.17, 15) is 4.79 Å². The van der Waals surface area contributed by atoms with Crippen molar-refractivity contribution in [2.24, 2.45) is 0 Å². The Balaban J connectivity index is 1.63. The molecule has 5 nitrogen and oxygen atoms in total. The number of aromatic nitrogens is 3. The zero-order chi connectivity index (χ0) is 26.2. The van der Waals surface area contributed by atoms with E-state index in [0.717, 1.165) is 55.9 Å². The van der Waals surface area contributed by atoms with Crippen molar-refractivity contribution in [1.82, 2.24) is 14.7 Å². The second-order valence-corrected chi connectivity index (χ2v) is 9.58. The summed E-state index contributed by atoms with van der Waals surface area (Å²) in [5.41, 5.74) is 8.96. The van der Waals surface area contributed by atoms with E-state index in [-0.39, 0.29) is 11.8 Å². The molecular formula is C33H27N3O2. The molecule has 3 aromatic heterocycles. The summed E-state index contributed by atoms with van der Waals surface area (Å²) < 4.78 is 7.80. The number of rotatable bonds is 6. The first-order chi connectivity index (χ1) is 18.5. The van der Waals surface area contributed by atoms with Crippen LogP contribution < -0.4 is 0 Å². The molecule has 38 heavy (non-hydrogen) atoms. The number of benzene rings is 3. The third-order valence-corrected chi connectivity index (χ3v) is 7.12. The monoisotopic (exact) mass is 497 g/mol. The van der Waals surface area contributed by atoms with Gasteiger partial charge in [-0.2, -0.15) is 0 Å². The van der Waals surface area contributed by atoms with Gasteiger partial charge in [0, 0.05) is 34.5 Å². The minimum Gasteiger partial charge on any atom is -0.361 e. The maximum absolute atomic E-state index is 11.9. The zero-order valence-corrected chi connectivity index (χ0v) is 21.6. The molecular weight excluding hydrogens is 470 g/mol. The number of hydrogen-bond donors (Lipinski definition) is 0. The van der Waals surface area contributed by atoms with Crippen LogP contribution in [0.25, 0.3) is 33.2 Å². The maximum atomic E-state index is 11.9. The van der Waals surface area contributed by atoms with E-state index in [1.807, 2.05) is 62.5 Å². The van der Waals surface area contributed by atoms with Crippen molar-refractivity contribution in [2.75, 3.05) is 0 Å². The first kappa shape index (κ1) is 23.6. The lowest BCUT2D eigenvalue weighted by molar-refractivity contribution is 0.101. The van der Waals surface area contributed by atoms with Gasteiger partial charge in [-0.3, -0.25) is 9.78 Å². The summed E-state index contributed by atoms with van der Waals surface area (Å²) in [5.74, 6) is 0.853. The van der Waals surface area contributed by atoms with Crippen LogP contribution in [0.4, 0.5) is 0 Å². The van der Waals surface area contributed by atoms with Crippen LogP contribution in [0.5, 0.6) is 0 Å². The molecule has 0 aliphatic carbocycles. The van der Waals surface area contributed by atoms with Crippen LogP contribution in [-0.2, 0) is 0 Å². The fourth-order valence-corrected chi connectivity index (χ4v) is 5.28. The van der Waals surface area contributed by atoms with Gasteiger partial charge >= 0.3 is 0 Å². The Morgan fingerprint density at radius 2 is 1.61 bits per heavy atom. The summed E-state index contributed by atoms with van der Waals surface area (Å²) >= 11 is 0. The van der Waals surface area contributed by atoms with Gasteiger partial charge in [0.25, 0.3) is 0 Å². The molecule has 1 unspecified atom stereocenters. The highest BCUT2D eigenvalue weighted by Gasteiger charge is 2.23. The largest absolute Gasteiger partial charge is 0.361 e. The molecule has 0 saturated carbocycles. The lowest BCUT2D eigenvalue weighted by Crippen LogP contribution is -2.12. The summed E-state index contributed by atoms with van der Waals surface area (Å²) in [4.78, 5) is 16.7. The molecule has 6 aromatic rings. The molecule has 0 spiro atoms. The van der Waals surface area contributed by atoms with Gasteiger partial charge in [-0.1, -0.05) is 78.0 Å². The molecule has 0 N–H and O–H groups in total. The summed E-state index contributed by atoms with van der Waals surface area (Å²) in [5, 5.41) is 5.30. The molecule has 0 radical (unpaired) electrons. The first-order valence-corrected chi connectivity index (χ1v) is 12.7. The maximum Gasteiger partial charge on any atom is 0.159 e. The number of nitrogens with zero attached hydrogens (tertiary/aromatic N) is 3. The standard InChI is InChI=1S/C33H27N3O2/c1-21-32(23(3)38-35-21)27-16-17-28-29(25-14-12-24(13-15-25)22(2)37)20-36(31(28)19-27)33(26-9-5-4-6-10-26)30-11-7-8-18-34-30/h4-20,33H,1-3H3. The average molecular weight is 498 g/mol. The van der Waals surface area contributed by atoms with Crippen molar-refractivity contribution >= 4 is 16.7 Å². The number of carbonyl (C=O) groups is 1. The van der Waals surface area contributed by atoms with Crippen molar-refractivity contribution in [3.63, 3.8) is 0 Å². The Hall–Kier alpha value is -4.77. The third kappa shape index (κ3) is 4.12. The van der Waals surface area contributed by atoms with E-state index < -0.39 is 0 Å². The highest BCUT2D eigenvalue weighted by molar-refractivity contribution is 6.00. The molecule has 6 rings (SSSR count). The van der Waals surface area contributed by atoms with Crippen LogP contribution in [0, 0.1) is 13.8 Å². The summed E-state index contributed by atoms with van der Waals surface area (Å²) in [6.45, 7) is 5.51. The molecule has 0 aliphatic heterocycles. The predicted octanol–water partition coefficient (Wildman–Crippen LogP) is 7.82. The fourth-order valence-electron chi connectivity index (χ4n) is 5.28. The molecule has 186 valence electrons. The molecule has 3 heterocycles. The minimum absolute atomic E-state index is 0.0578. The number of pyridine rings is 1. The van der Waals surface area contributed by atoms with Crippen molar-refractivity contribution in [3.8, 4) is 22.3 Å². The number of fused-ring (bicyclic) bond motifs is 1. The van der Waals surface area contributed by atoms with Crippen molar-refractivity contribution in [2.45, 2.75) is 26.8 Å². The lowest BCUT2D eigenvalue weighted by Gasteiger charge is -2.21. The Morgan fingerprint density at radius 1 is 0.868 bits per heavy atom. The van der Waals surface area contributed by atoms with Gasteiger partial charge in [0.15, 0.2) is 5.78 Å². The number of Topliss-reactive ketones (excluding diaryl/α,β-unsaturated/α-hetero) is 1. The second kappa shape index (κ2) is 9.60. The number of hydrogen-bond acceptors (Lipinski definition) is 4. The van der Waals surface area contributed by atoms with Gasteiger partial charge < -0.3 is 9.09 Å². The minimum atomic E-state index is -0.134. The van der Waals surface area contributed by atoms with Gasteiger partial charge in [-0.05, 0) is 55.7 Å². The molecule has 1 atom stereocenters. The Bertz CT molecular complexity index is 1690. The third-order valence-electron chi connectivity index (χ3n) is 7.12. The van der Waals surface area contributed by atoms with Crippen LogP contribution >= 0.6 is 0 Å². The number of aryl methyl sites for hydroxylation is 2. The first-order valence-electron chi connectivity index (χ1n) is 12.7. The van der Waals surface area contributed by atoms with Crippen molar-refractivity contribution < 1.29 is 9.32 Å². The smallest absolute Gasteiger partial charge is 0.159 e. The predicted molar refractivity (Wildman–Crippen MR) is 150 cm³/mol. The van der Waals surface area contributed by atoms with Gasteiger partial charge in [0.2, 0.25) is 0 Å². The van der Waals surface area contributed by atoms with E-state index in [0.29, 0.717) is 5.56 Å². The van der Waals surface area contributed by atoms with Crippen LogP contribution in [0.3, 0.4) is 0 Å². The molecule has 0 saturated heterocycles. The van der Waals surface area contributed by atoms with Gasteiger partial charge in [-0.25, -0.2) is 0 Å². The topological polar surface area (TPSA) is 60.9 Å². The number of carbonyl (C=O) groups excluding carboxylic acids is 1. The molecule has 0 fully saturated rings.